The van der Waals surface area contributed by atoms with Crippen LogP contribution in [0.2, 0.25) is 0 Å². The Hall–Kier alpha value is -2.88. The van der Waals surface area contributed by atoms with Crippen molar-refractivity contribution >= 4 is 17.4 Å². The van der Waals surface area contributed by atoms with Gasteiger partial charge in [0.25, 0.3) is 11.8 Å². The molecular formula is C21H22N2O2. The summed E-state index contributed by atoms with van der Waals surface area (Å²) >= 11 is 0. The minimum absolute atomic E-state index is 0.0902. The van der Waals surface area contributed by atoms with E-state index in [1.54, 1.807) is 23.2 Å². The Morgan fingerprint density at radius 1 is 1.04 bits per heavy atom. The molecule has 2 aromatic rings. The number of carbonyl (C=O) groups is 2. The second kappa shape index (κ2) is 6.93. The van der Waals surface area contributed by atoms with E-state index in [-0.39, 0.29) is 23.9 Å². The van der Waals surface area contributed by atoms with Crippen LogP contribution in [0.1, 0.15) is 35.3 Å². The first kappa shape index (κ1) is 17.0. The third-order valence-corrected chi connectivity index (χ3v) is 4.34. The molecule has 128 valence electrons. The molecule has 0 aliphatic carbocycles. The van der Waals surface area contributed by atoms with Gasteiger partial charge in [0, 0.05) is 11.8 Å². The van der Waals surface area contributed by atoms with Crippen molar-refractivity contribution in [2.75, 3.05) is 0 Å². The summed E-state index contributed by atoms with van der Waals surface area (Å²) in [6, 6.07) is 16.9. The van der Waals surface area contributed by atoms with E-state index in [0.717, 1.165) is 11.1 Å². The number of rotatable bonds is 3. The van der Waals surface area contributed by atoms with E-state index in [9.17, 15) is 9.59 Å². The van der Waals surface area contributed by atoms with Crippen LogP contribution >= 0.6 is 0 Å². The fourth-order valence-electron chi connectivity index (χ4n) is 2.90. The van der Waals surface area contributed by atoms with E-state index in [1.165, 1.54) is 0 Å². The van der Waals surface area contributed by atoms with Gasteiger partial charge in [0.1, 0.15) is 6.17 Å². The molecule has 1 aliphatic heterocycles. The first-order chi connectivity index (χ1) is 12.0. The summed E-state index contributed by atoms with van der Waals surface area (Å²) in [7, 11) is 0. The molecule has 0 fully saturated rings. The molecule has 1 atom stereocenters. The zero-order valence-corrected chi connectivity index (χ0v) is 14.7. The normalized spacial score (nSPS) is 17.3. The fraction of sp³-hybridized carbons (Fsp3) is 0.238. The van der Waals surface area contributed by atoms with Crippen molar-refractivity contribution in [3.05, 3.63) is 77.5 Å². The van der Waals surface area contributed by atoms with E-state index in [1.807, 2.05) is 63.2 Å². The zero-order chi connectivity index (χ0) is 18.0. The van der Waals surface area contributed by atoms with Gasteiger partial charge in [-0.3, -0.25) is 14.5 Å². The second-order valence-electron chi connectivity index (χ2n) is 6.65. The highest BCUT2D eigenvalue weighted by molar-refractivity contribution is 6.21. The Morgan fingerprint density at radius 2 is 1.68 bits per heavy atom. The molecule has 0 unspecified atom stereocenters. The Balaban J connectivity index is 2.03. The molecule has 4 heteroatoms. The molecule has 0 saturated heterocycles. The summed E-state index contributed by atoms with van der Waals surface area (Å²) in [6.45, 7) is 5.97. The molecule has 0 bridgehead atoms. The molecule has 4 nitrogen and oxygen atoms in total. The van der Waals surface area contributed by atoms with E-state index in [4.69, 9.17) is 0 Å². The average molecular weight is 334 g/mol. The summed E-state index contributed by atoms with van der Waals surface area (Å²) in [6.07, 6.45) is 1.32. The van der Waals surface area contributed by atoms with Crippen LogP contribution in [0.5, 0.6) is 0 Å². The van der Waals surface area contributed by atoms with Crippen LogP contribution in [0.25, 0.3) is 5.57 Å². The van der Waals surface area contributed by atoms with Gasteiger partial charge in [0.05, 0.1) is 5.57 Å². The number of aryl methyl sites for hydroxylation is 1. The molecule has 0 radical (unpaired) electrons. The maximum absolute atomic E-state index is 13.0. The summed E-state index contributed by atoms with van der Waals surface area (Å²) in [5.74, 6) is -0.184. The number of nitrogens with zero attached hydrogens (tertiary/aromatic N) is 1. The fourth-order valence-corrected chi connectivity index (χ4v) is 2.90. The SMILES string of the molecule is Cc1ccc(C2=CN(C(=O)c3ccccc3)[C@@H](C(C)C)NC2=O)cc1. The zero-order valence-electron chi connectivity index (χ0n) is 14.7. The first-order valence-corrected chi connectivity index (χ1v) is 8.45. The number of nitrogens with one attached hydrogen (secondary N) is 1. The van der Waals surface area contributed by atoms with Gasteiger partial charge < -0.3 is 5.32 Å². The minimum Gasteiger partial charge on any atom is -0.331 e. The maximum atomic E-state index is 13.0. The highest BCUT2D eigenvalue weighted by atomic mass is 16.2. The molecule has 1 aliphatic rings. The van der Waals surface area contributed by atoms with Gasteiger partial charge >= 0.3 is 0 Å². The van der Waals surface area contributed by atoms with Gasteiger partial charge in [-0.2, -0.15) is 0 Å². The van der Waals surface area contributed by atoms with Crippen LogP contribution < -0.4 is 5.32 Å². The summed E-state index contributed by atoms with van der Waals surface area (Å²) in [4.78, 5) is 27.2. The van der Waals surface area contributed by atoms with Crippen molar-refractivity contribution in [1.82, 2.24) is 10.2 Å². The lowest BCUT2D eigenvalue weighted by atomic mass is 9.99. The first-order valence-electron chi connectivity index (χ1n) is 8.45. The quantitative estimate of drug-likeness (QED) is 0.932. The Bertz CT molecular complexity index is 808. The third kappa shape index (κ3) is 3.48. The van der Waals surface area contributed by atoms with Crippen LogP contribution in [-0.4, -0.2) is 22.9 Å². The van der Waals surface area contributed by atoms with Crippen LogP contribution in [-0.2, 0) is 4.79 Å². The smallest absolute Gasteiger partial charge is 0.259 e. The summed E-state index contributed by atoms with van der Waals surface area (Å²) < 4.78 is 0. The molecule has 25 heavy (non-hydrogen) atoms. The molecule has 0 aromatic heterocycles. The molecule has 0 spiro atoms. The van der Waals surface area contributed by atoms with Crippen molar-refractivity contribution in [2.45, 2.75) is 26.9 Å². The predicted molar refractivity (Wildman–Crippen MR) is 98.5 cm³/mol. The molecule has 0 saturated carbocycles. The van der Waals surface area contributed by atoms with Crippen molar-refractivity contribution in [1.29, 1.82) is 0 Å². The van der Waals surface area contributed by atoms with Gasteiger partial charge in [0.2, 0.25) is 0 Å². The number of amides is 2. The monoisotopic (exact) mass is 334 g/mol. The van der Waals surface area contributed by atoms with E-state index >= 15 is 0 Å². The van der Waals surface area contributed by atoms with Crippen molar-refractivity contribution in [2.24, 2.45) is 5.92 Å². The molecule has 1 heterocycles. The number of hydrogen-bond acceptors (Lipinski definition) is 2. The topological polar surface area (TPSA) is 49.4 Å². The van der Waals surface area contributed by atoms with Crippen molar-refractivity contribution < 1.29 is 9.59 Å². The van der Waals surface area contributed by atoms with Crippen LogP contribution in [0.15, 0.2) is 60.8 Å². The molecule has 3 rings (SSSR count). The third-order valence-electron chi connectivity index (χ3n) is 4.34. The predicted octanol–water partition coefficient (Wildman–Crippen LogP) is 3.59. The van der Waals surface area contributed by atoms with Crippen LogP contribution in [0, 0.1) is 12.8 Å². The highest BCUT2D eigenvalue weighted by Crippen LogP contribution is 2.25. The lowest BCUT2D eigenvalue weighted by Gasteiger charge is -2.36. The lowest BCUT2D eigenvalue weighted by molar-refractivity contribution is -0.118. The average Bonchev–Trinajstić information content (AvgIpc) is 2.62. The van der Waals surface area contributed by atoms with Gasteiger partial charge in [-0.15, -0.1) is 0 Å². The van der Waals surface area contributed by atoms with Gasteiger partial charge in [-0.1, -0.05) is 61.9 Å². The largest absolute Gasteiger partial charge is 0.331 e. The van der Waals surface area contributed by atoms with Crippen molar-refractivity contribution in [3.63, 3.8) is 0 Å². The van der Waals surface area contributed by atoms with E-state index in [0.29, 0.717) is 11.1 Å². The summed E-state index contributed by atoms with van der Waals surface area (Å²) in [5.41, 5.74) is 3.03. The van der Waals surface area contributed by atoms with Crippen molar-refractivity contribution in [3.8, 4) is 0 Å². The van der Waals surface area contributed by atoms with E-state index in [2.05, 4.69) is 5.32 Å². The Kier molecular flexibility index (Phi) is 4.70. The second-order valence-corrected chi connectivity index (χ2v) is 6.65. The molecule has 1 N–H and O–H groups in total. The van der Waals surface area contributed by atoms with E-state index < -0.39 is 0 Å². The number of hydrogen-bond donors (Lipinski definition) is 1. The Labute approximate surface area is 148 Å². The molecule has 2 amide bonds. The van der Waals surface area contributed by atoms with Crippen LogP contribution in [0.4, 0.5) is 0 Å². The highest BCUT2D eigenvalue weighted by Gasteiger charge is 2.33. The summed E-state index contributed by atoms with van der Waals surface area (Å²) in [5, 5.41) is 2.98. The Morgan fingerprint density at radius 3 is 2.28 bits per heavy atom. The van der Waals surface area contributed by atoms with Gasteiger partial charge in [0.15, 0.2) is 0 Å². The minimum atomic E-state index is -0.366. The standard InChI is InChI=1S/C21H22N2O2/c1-14(2)19-22-20(24)18(16-11-9-15(3)10-12-16)13-23(19)21(25)17-7-5-4-6-8-17/h4-14,19H,1-3H3,(H,22,24)/t19-/m0/s1. The number of benzene rings is 2. The molecule has 2 aromatic carbocycles. The maximum Gasteiger partial charge on any atom is 0.259 e. The molecular weight excluding hydrogens is 312 g/mol. The van der Waals surface area contributed by atoms with Gasteiger partial charge in [-0.25, -0.2) is 0 Å². The van der Waals surface area contributed by atoms with Gasteiger partial charge in [-0.05, 0) is 30.5 Å². The lowest BCUT2D eigenvalue weighted by Crippen LogP contribution is -2.54. The number of carbonyl (C=O) groups excluding carboxylic acids is 2. The van der Waals surface area contributed by atoms with Crippen LogP contribution in [0.3, 0.4) is 0 Å².